The molecule has 1 aromatic rings. The topological polar surface area (TPSA) is 80.1 Å². The Hall–Kier alpha value is -1.43. The van der Waals surface area contributed by atoms with Gasteiger partial charge < -0.3 is 15.2 Å². The molecular formula is C14H22N4O2. The minimum Gasteiger partial charge on any atom is -0.354 e. The van der Waals surface area contributed by atoms with Crippen LogP contribution in [0.4, 0.5) is 0 Å². The van der Waals surface area contributed by atoms with Crippen LogP contribution in [0.2, 0.25) is 0 Å². The summed E-state index contributed by atoms with van der Waals surface area (Å²) in [6, 6.07) is 0.515. The number of piperidine rings is 1. The van der Waals surface area contributed by atoms with Gasteiger partial charge in [0.15, 0.2) is 6.33 Å². The maximum Gasteiger partial charge on any atom is 0.237 e. The summed E-state index contributed by atoms with van der Waals surface area (Å²) in [6.45, 7) is 0.549. The molecule has 6 nitrogen and oxygen atoms in total. The molecule has 1 aliphatic heterocycles. The van der Waals surface area contributed by atoms with Gasteiger partial charge in [-0.3, -0.25) is 4.79 Å². The first-order valence-electron chi connectivity index (χ1n) is 7.62. The molecule has 1 saturated heterocycles. The first-order valence-corrected chi connectivity index (χ1v) is 7.62. The fraction of sp³-hybridized carbons (Fsp3) is 0.786. The van der Waals surface area contributed by atoms with Crippen molar-refractivity contribution in [3.8, 4) is 0 Å². The molecule has 0 bridgehead atoms. The van der Waals surface area contributed by atoms with Crippen LogP contribution in [-0.4, -0.2) is 34.7 Å². The maximum atomic E-state index is 12.2. The number of hydrogen-bond donors (Lipinski definition) is 2. The lowest BCUT2D eigenvalue weighted by molar-refractivity contribution is -0.124. The Balaban J connectivity index is 1.43. The van der Waals surface area contributed by atoms with Crippen LogP contribution in [0.25, 0.3) is 0 Å². The smallest absolute Gasteiger partial charge is 0.237 e. The third-order valence-electron chi connectivity index (χ3n) is 4.51. The van der Waals surface area contributed by atoms with E-state index in [2.05, 4.69) is 20.8 Å². The monoisotopic (exact) mass is 278 g/mol. The Labute approximate surface area is 118 Å². The molecule has 6 heteroatoms. The second kappa shape index (κ2) is 6.35. The Morgan fingerprint density at radius 1 is 1.35 bits per heavy atom. The minimum atomic E-state index is -0.0305. The van der Waals surface area contributed by atoms with E-state index in [4.69, 9.17) is 4.52 Å². The molecular weight excluding hydrogens is 256 g/mol. The summed E-state index contributed by atoms with van der Waals surface area (Å²) in [7, 11) is 0. The van der Waals surface area contributed by atoms with Crippen molar-refractivity contribution in [2.75, 3.05) is 6.54 Å². The van der Waals surface area contributed by atoms with Gasteiger partial charge in [-0.15, -0.1) is 0 Å². The van der Waals surface area contributed by atoms with Crippen molar-refractivity contribution < 1.29 is 9.32 Å². The number of hydrogen-bond acceptors (Lipinski definition) is 5. The molecule has 3 rings (SSSR count). The number of aromatic nitrogens is 2. The van der Waals surface area contributed by atoms with Crippen LogP contribution in [0.1, 0.15) is 44.4 Å². The lowest BCUT2D eigenvalue weighted by Crippen LogP contribution is -2.55. The van der Waals surface area contributed by atoms with E-state index in [1.807, 2.05) is 0 Å². The van der Waals surface area contributed by atoms with Gasteiger partial charge in [0.05, 0.1) is 6.04 Å². The van der Waals surface area contributed by atoms with Crippen LogP contribution in [0.5, 0.6) is 0 Å². The van der Waals surface area contributed by atoms with Crippen LogP contribution in [0, 0.1) is 5.92 Å². The Morgan fingerprint density at radius 3 is 3.10 bits per heavy atom. The SMILES string of the molecule is O=C(NCCc1ncno1)C1CCC2CCCCC2N1. The third-order valence-corrected chi connectivity index (χ3v) is 4.51. The van der Waals surface area contributed by atoms with Gasteiger partial charge >= 0.3 is 0 Å². The van der Waals surface area contributed by atoms with Crippen LogP contribution in [-0.2, 0) is 11.2 Å². The molecule has 1 aliphatic carbocycles. The summed E-state index contributed by atoms with van der Waals surface area (Å²) in [4.78, 5) is 16.1. The van der Waals surface area contributed by atoms with Gasteiger partial charge in [0.1, 0.15) is 0 Å². The Bertz CT molecular complexity index is 434. The number of nitrogens with one attached hydrogen (secondary N) is 2. The number of nitrogens with zero attached hydrogens (tertiary/aromatic N) is 2. The summed E-state index contributed by atoms with van der Waals surface area (Å²) >= 11 is 0. The summed E-state index contributed by atoms with van der Waals surface area (Å²) in [6.07, 6.45) is 9.28. The van der Waals surface area contributed by atoms with E-state index in [0.717, 1.165) is 12.3 Å². The zero-order chi connectivity index (χ0) is 13.8. The molecule has 110 valence electrons. The van der Waals surface area contributed by atoms with E-state index in [9.17, 15) is 4.79 Å². The zero-order valence-electron chi connectivity index (χ0n) is 11.7. The number of amides is 1. The molecule has 3 atom stereocenters. The summed E-state index contributed by atoms with van der Waals surface area (Å²) in [5.41, 5.74) is 0. The maximum absolute atomic E-state index is 12.2. The molecule has 1 saturated carbocycles. The normalized spacial score (nSPS) is 29.7. The molecule has 0 spiro atoms. The van der Waals surface area contributed by atoms with Crippen molar-refractivity contribution in [2.45, 2.75) is 57.0 Å². The highest BCUT2D eigenvalue weighted by Gasteiger charge is 2.34. The average molecular weight is 278 g/mol. The van der Waals surface area contributed by atoms with Crippen LogP contribution >= 0.6 is 0 Å². The lowest BCUT2D eigenvalue weighted by Gasteiger charge is -2.39. The molecule has 1 aromatic heterocycles. The van der Waals surface area contributed by atoms with Crippen molar-refractivity contribution in [2.24, 2.45) is 5.92 Å². The average Bonchev–Trinajstić information content (AvgIpc) is 3.00. The van der Waals surface area contributed by atoms with Crippen molar-refractivity contribution in [3.63, 3.8) is 0 Å². The van der Waals surface area contributed by atoms with Gasteiger partial charge in [-0.05, 0) is 31.6 Å². The first kappa shape index (κ1) is 13.5. The molecule has 2 N–H and O–H groups in total. The summed E-state index contributed by atoms with van der Waals surface area (Å²) in [5, 5.41) is 10.0. The quantitative estimate of drug-likeness (QED) is 0.860. The second-order valence-electron chi connectivity index (χ2n) is 5.82. The first-order chi connectivity index (χ1) is 9.83. The van der Waals surface area contributed by atoms with Crippen LogP contribution in [0.3, 0.4) is 0 Å². The van der Waals surface area contributed by atoms with Gasteiger partial charge in [0.2, 0.25) is 11.8 Å². The fourth-order valence-electron chi connectivity index (χ4n) is 3.42. The largest absolute Gasteiger partial charge is 0.354 e. The molecule has 20 heavy (non-hydrogen) atoms. The van der Waals surface area contributed by atoms with Gasteiger partial charge in [0.25, 0.3) is 0 Å². The van der Waals surface area contributed by atoms with E-state index < -0.39 is 0 Å². The molecule has 2 heterocycles. The van der Waals surface area contributed by atoms with E-state index in [0.29, 0.717) is 24.9 Å². The van der Waals surface area contributed by atoms with Gasteiger partial charge in [0, 0.05) is 19.0 Å². The predicted octanol–water partition coefficient (Wildman–Crippen LogP) is 1.04. The highest BCUT2D eigenvalue weighted by molar-refractivity contribution is 5.81. The predicted molar refractivity (Wildman–Crippen MR) is 72.9 cm³/mol. The third kappa shape index (κ3) is 3.17. The summed E-state index contributed by atoms with van der Waals surface area (Å²) < 4.78 is 4.90. The Morgan fingerprint density at radius 2 is 2.25 bits per heavy atom. The zero-order valence-corrected chi connectivity index (χ0v) is 11.7. The van der Waals surface area contributed by atoms with Gasteiger partial charge in [-0.25, -0.2) is 0 Å². The molecule has 0 aromatic carbocycles. The number of carbonyl (C=O) groups excluding carboxylic acids is 1. The second-order valence-corrected chi connectivity index (χ2v) is 5.82. The molecule has 3 unspecified atom stereocenters. The highest BCUT2D eigenvalue weighted by Crippen LogP contribution is 2.32. The lowest BCUT2D eigenvalue weighted by atomic mass is 9.77. The molecule has 2 fully saturated rings. The summed E-state index contributed by atoms with van der Waals surface area (Å²) in [5.74, 6) is 1.45. The van der Waals surface area contributed by atoms with E-state index >= 15 is 0 Å². The molecule has 2 aliphatic rings. The number of rotatable bonds is 4. The molecule has 0 radical (unpaired) electrons. The van der Waals surface area contributed by atoms with E-state index in [1.165, 1.54) is 38.4 Å². The van der Waals surface area contributed by atoms with Crippen molar-refractivity contribution in [3.05, 3.63) is 12.2 Å². The van der Waals surface area contributed by atoms with Crippen LogP contribution in [0.15, 0.2) is 10.9 Å². The number of carbonyl (C=O) groups is 1. The minimum absolute atomic E-state index is 0.0305. The van der Waals surface area contributed by atoms with Crippen molar-refractivity contribution in [1.82, 2.24) is 20.8 Å². The highest BCUT2D eigenvalue weighted by atomic mass is 16.5. The van der Waals surface area contributed by atoms with E-state index in [1.54, 1.807) is 0 Å². The fourth-order valence-corrected chi connectivity index (χ4v) is 3.42. The number of fused-ring (bicyclic) bond motifs is 1. The van der Waals surface area contributed by atoms with Crippen molar-refractivity contribution >= 4 is 5.91 Å². The standard InChI is InChI=1S/C14H22N4O2/c19-14(15-8-7-13-16-9-17-20-13)12-6-5-10-3-1-2-4-11(10)18-12/h9-12,18H,1-8H2,(H,15,19). The Kier molecular flexibility index (Phi) is 4.30. The van der Waals surface area contributed by atoms with Gasteiger partial charge in [-0.1, -0.05) is 18.0 Å². The van der Waals surface area contributed by atoms with E-state index in [-0.39, 0.29) is 11.9 Å². The van der Waals surface area contributed by atoms with Gasteiger partial charge in [-0.2, -0.15) is 4.98 Å². The molecule has 1 amide bonds. The van der Waals surface area contributed by atoms with Crippen LogP contribution < -0.4 is 10.6 Å². The van der Waals surface area contributed by atoms with Crippen molar-refractivity contribution in [1.29, 1.82) is 0 Å².